The van der Waals surface area contributed by atoms with Gasteiger partial charge in [0.25, 0.3) is 0 Å². The number of nitrogens with one attached hydrogen (secondary N) is 1. The summed E-state index contributed by atoms with van der Waals surface area (Å²) in [5.41, 5.74) is 1.69. The van der Waals surface area contributed by atoms with Crippen molar-refractivity contribution in [3.63, 3.8) is 0 Å². The third-order valence-corrected chi connectivity index (χ3v) is 4.83. The highest BCUT2D eigenvalue weighted by molar-refractivity contribution is 7.80. The summed E-state index contributed by atoms with van der Waals surface area (Å²) in [5.74, 6) is -0.465. The van der Waals surface area contributed by atoms with Crippen LogP contribution in [0.4, 0.5) is 0 Å². The Balaban J connectivity index is 2.47. The minimum atomic E-state index is -0.579. The molecule has 0 saturated carbocycles. The smallest absolute Gasteiger partial charge is 0.338 e. The predicted octanol–water partition coefficient (Wildman–Crippen LogP) is 3.32. The Morgan fingerprint density at radius 3 is 2.54 bits per heavy atom. The monoisotopic (exact) mass is 388 g/mol. The molecule has 0 bridgehead atoms. The summed E-state index contributed by atoms with van der Waals surface area (Å²) < 4.78 is 10.2. The molecule has 1 atom stereocenters. The zero-order valence-electron chi connectivity index (χ0n) is 13.6. The Hall–Kier alpha value is -1.34. The molecule has 130 valence electrons. The Morgan fingerprint density at radius 2 is 1.96 bits per heavy atom. The molecule has 0 spiro atoms. The number of allylic oxidation sites excluding steroid dienone is 1. The van der Waals surface area contributed by atoms with Gasteiger partial charge in [0.1, 0.15) is 6.61 Å². The summed E-state index contributed by atoms with van der Waals surface area (Å²) in [6, 6.07) is 4.60. The first-order chi connectivity index (χ1) is 11.4. The molecule has 0 aromatic heterocycles. The molecule has 8 heteroatoms. The second-order valence-corrected chi connectivity index (χ2v) is 6.41. The van der Waals surface area contributed by atoms with E-state index in [1.165, 1.54) is 0 Å². The molecule has 0 radical (unpaired) electrons. The summed E-state index contributed by atoms with van der Waals surface area (Å²) in [6.45, 7) is 2.28. The van der Waals surface area contributed by atoms with Crippen LogP contribution in [0.3, 0.4) is 0 Å². The van der Waals surface area contributed by atoms with Crippen LogP contribution >= 0.6 is 35.4 Å². The lowest BCUT2D eigenvalue weighted by atomic mass is 9.95. The molecule has 1 aromatic carbocycles. The van der Waals surface area contributed by atoms with Crippen molar-refractivity contribution in [2.24, 2.45) is 0 Å². The lowest BCUT2D eigenvalue weighted by molar-refractivity contribution is -0.140. The molecule has 1 aromatic rings. The van der Waals surface area contributed by atoms with E-state index in [0.29, 0.717) is 38.6 Å². The maximum atomic E-state index is 12.6. The van der Waals surface area contributed by atoms with Crippen LogP contribution in [-0.2, 0) is 14.3 Å². The van der Waals surface area contributed by atoms with Crippen molar-refractivity contribution in [3.8, 4) is 0 Å². The highest BCUT2D eigenvalue weighted by atomic mass is 35.5. The number of nitrogens with zero attached hydrogens (tertiary/aromatic N) is 1. The first-order valence-electron chi connectivity index (χ1n) is 7.23. The van der Waals surface area contributed by atoms with Gasteiger partial charge >= 0.3 is 5.97 Å². The van der Waals surface area contributed by atoms with E-state index in [2.05, 4.69) is 5.32 Å². The molecular formula is C16H18Cl2N2O3S. The van der Waals surface area contributed by atoms with Crippen LogP contribution in [0.5, 0.6) is 0 Å². The molecule has 1 heterocycles. The van der Waals surface area contributed by atoms with E-state index in [1.807, 2.05) is 0 Å². The fraction of sp³-hybridized carbons (Fsp3) is 0.375. The summed E-state index contributed by atoms with van der Waals surface area (Å²) in [6.07, 6.45) is 0. The van der Waals surface area contributed by atoms with Gasteiger partial charge in [0.05, 0.1) is 18.2 Å². The number of benzene rings is 1. The van der Waals surface area contributed by atoms with Gasteiger partial charge < -0.3 is 19.7 Å². The van der Waals surface area contributed by atoms with E-state index in [0.717, 1.165) is 0 Å². The van der Waals surface area contributed by atoms with E-state index in [-0.39, 0.29) is 6.61 Å². The van der Waals surface area contributed by atoms with Crippen LogP contribution in [0.15, 0.2) is 29.5 Å². The van der Waals surface area contributed by atoms with E-state index in [1.54, 1.807) is 44.2 Å². The third kappa shape index (κ3) is 3.83. The van der Waals surface area contributed by atoms with Crippen molar-refractivity contribution in [1.82, 2.24) is 10.2 Å². The SMILES string of the molecule is COCCOC(=O)C1=C(C)N(C)C(=S)N[C@@H]1c1c(Cl)cccc1Cl. The molecule has 1 aliphatic rings. The van der Waals surface area contributed by atoms with Crippen molar-refractivity contribution < 1.29 is 14.3 Å². The molecule has 0 fully saturated rings. The number of methoxy groups -OCH3 is 1. The fourth-order valence-corrected chi connectivity index (χ4v) is 3.27. The van der Waals surface area contributed by atoms with Crippen LogP contribution in [0, 0.1) is 0 Å². The lowest BCUT2D eigenvalue weighted by Crippen LogP contribution is -2.46. The van der Waals surface area contributed by atoms with Crippen LogP contribution < -0.4 is 5.32 Å². The number of carbonyl (C=O) groups is 1. The Kier molecular flexibility index (Phi) is 6.46. The van der Waals surface area contributed by atoms with E-state index in [9.17, 15) is 4.79 Å². The van der Waals surface area contributed by atoms with Gasteiger partial charge in [0.15, 0.2) is 5.11 Å². The molecule has 0 unspecified atom stereocenters. The molecule has 5 nitrogen and oxygen atoms in total. The Labute approximate surface area is 156 Å². The van der Waals surface area contributed by atoms with Gasteiger partial charge in [-0.2, -0.15) is 0 Å². The number of ether oxygens (including phenoxy) is 2. The second kappa shape index (κ2) is 8.16. The van der Waals surface area contributed by atoms with E-state index >= 15 is 0 Å². The van der Waals surface area contributed by atoms with E-state index in [4.69, 9.17) is 44.9 Å². The molecule has 1 aliphatic heterocycles. The predicted molar refractivity (Wildman–Crippen MR) is 98.2 cm³/mol. The maximum Gasteiger partial charge on any atom is 0.338 e. The van der Waals surface area contributed by atoms with Crippen molar-refractivity contribution in [1.29, 1.82) is 0 Å². The number of hydrogen-bond acceptors (Lipinski definition) is 4. The van der Waals surface area contributed by atoms with Crippen molar-refractivity contribution in [3.05, 3.63) is 45.1 Å². The largest absolute Gasteiger partial charge is 0.460 e. The minimum absolute atomic E-state index is 0.156. The maximum absolute atomic E-state index is 12.6. The lowest BCUT2D eigenvalue weighted by Gasteiger charge is -2.36. The normalized spacial score (nSPS) is 17.8. The van der Waals surface area contributed by atoms with Crippen LogP contribution in [0.2, 0.25) is 10.0 Å². The first-order valence-corrected chi connectivity index (χ1v) is 8.39. The van der Waals surface area contributed by atoms with Crippen molar-refractivity contribution >= 4 is 46.5 Å². The standard InChI is InChI=1S/C16H18Cl2N2O3S/c1-9-12(15(21)23-8-7-22-3)14(19-16(24)20(9)2)13-10(17)5-4-6-11(13)18/h4-6,14H,7-8H2,1-3H3,(H,19,24)/t14-/m0/s1. The van der Waals surface area contributed by atoms with Gasteiger partial charge in [-0.3, -0.25) is 0 Å². The molecular weight excluding hydrogens is 371 g/mol. The molecule has 0 aliphatic carbocycles. The zero-order valence-corrected chi connectivity index (χ0v) is 15.9. The fourth-order valence-electron chi connectivity index (χ4n) is 2.40. The number of rotatable bonds is 5. The minimum Gasteiger partial charge on any atom is -0.460 e. The van der Waals surface area contributed by atoms with Gasteiger partial charge in [-0.25, -0.2) is 4.79 Å². The van der Waals surface area contributed by atoms with Gasteiger partial charge in [0.2, 0.25) is 0 Å². The number of halogens is 2. The summed E-state index contributed by atoms with van der Waals surface area (Å²) in [5, 5.41) is 4.48. The number of hydrogen-bond donors (Lipinski definition) is 1. The average molecular weight is 389 g/mol. The second-order valence-electron chi connectivity index (χ2n) is 5.20. The molecule has 1 N–H and O–H groups in total. The zero-order chi connectivity index (χ0) is 17.9. The summed E-state index contributed by atoms with van der Waals surface area (Å²) >= 11 is 18.0. The van der Waals surface area contributed by atoms with Crippen LogP contribution in [0.25, 0.3) is 0 Å². The Bertz CT molecular complexity index is 674. The highest BCUT2D eigenvalue weighted by Gasteiger charge is 2.35. The molecule has 2 rings (SSSR count). The average Bonchev–Trinajstić information content (AvgIpc) is 2.52. The Morgan fingerprint density at radius 1 is 1.33 bits per heavy atom. The first kappa shape index (κ1) is 19.0. The highest BCUT2D eigenvalue weighted by Crippen LogP contribution is 2.38. The van der Waals surface area contributed by atoms with Crippen molar-refractivity contribution in [2.45, 2.75) is 13.0 Å². The third-order valence-electron chi connectivity index (χ3n) is 3.78. The summed E-state index contributed by atoms with van der Waals surface area (Å²) in [7, 11) is 3.32. The van der Waals surface area contributed by atoms with Gasteiger partial charge in [-0.1, -0.05) is 29.3 Å². The number of thiocarbonyl (C=S) groups is 1. The van der Waals surface area contributed by atoms with Crippen LogP contribution in [-0.4, -0.2) is 43.4 Å². The van der Waals surface area contributed by atoms with Gasteiger partial charge in [0, 0.05) is 35.5 Å². The molecule has 0 amide bonds. The summed E-state index contributed by atoms with van der Waals surface area (Å²) in [4.78, 5) is 14.3. The molecule has 24 heavy (non-hydrogen) atoms. The van der Waals surface area contributed by atoms with Crippen LogP contribution in [0.1, 0.15) is 18.5 Å². The van der Waals surface area contributed by atoms with Crippen molar-refractivity contribution in [2.75, 3.05) is 27.4 Å². The van der Waals surface area contributed by atoms with Gasteiger partial charge in [-0.15, -0.1) is 0 Å². The number of esters is 1. The quantitative estimate of drug-likeness (QED) is 0.474. The topological polar surface area (TPSA) is 50.8 Å². The molecule has 0 saturated heterocycles. The number of carbonyl (C=O) groups excluding carboxylic acids is 1. The van der Waals surface area contributed by atoms with E-state index < -0.39 is 12.0 Å². The van der Waals surface area contributed by atoms with Gasteiger partial charge in [-0.05, 0) is 31.3 Å².